The second-order valence-corrected chi connectivity index (χ2v) is 4.95. The molecule has 0 spiro atoms. The molecule has 0 aliphatic rings. The average molecular weight is 285 g/mol. The van der Waals surface area contributed by atoms with Gasteiger partial charge < -0.3 is 9.47 Å². The first-order chi connectivity index (χ1) is 8.87. The number of esters is 1. The maximum Gasteiger partial charge on any atom is 0.319 e. The van der Waals surface area contributed by atoms with E-state index in [2.05, 4.69) is 0 Å². The number of halogens is 1. The van der Waals surface area contributed by atoms with E-state index < -0.39 is 11.4 Å². The van der Waals surface area contributed by atoms with Crippen LogP contribution in [-0.2, 0) is 14.3 Å². The molecule has 4 nitrogen and oxygen atoms in total. The Bertz CT molecular complexity index is 451. The molecule has 0 aromatic heterocycles. The van der Waals surface area contributed by atoms with Crippen LogP contribution < -0.4 is 4.74 Å². The lowest BCUT2D eigenvalue weighted by Crippen LogP contribution is -2.38. The molecule has 0 amide bonds. The number of rotatable bonds is 6. The van der Waals surface area contributed by atoms with Crippen molar-refractivity contribution in [3.05, 3.63) is 29.3 Å². The molecule has 0 N–H and O–H groups in total. The van der Waals surface area contributed by atoms with Gasteiger partial charge >= 0.3 is 5.97 Å². The van der Waals surface area contributed by atoms with Crippen LogP contribution in [0.5, 0.6) is 5.75 Å². The van der Waals surface area contributed by atoms with Crippen LogP contribution in [0, 0.1) is 5.41 Å². The van der Waals surface area contributed by atoms with E-state index in [-0.39, 0.29) is 19.0 Å². The maximum atomic E-state index is 12.0. The normalized spacial score (nSPS) is 10.9. The van der Waals surface area contributed by atoms with Crippen molar-refractivity contribution in [2.24, 2.45) is 5.41 Å². The molecule has 0 aliphatic heterocycles. The molecule has 5 heteroatoms. The lowest BCUT2D eigenvalue weighted by atomic mass is 9.88. The molecule has 0 radical (unpaired) electrons. The summed E-state index contributed by atoms with van der Waals surface area (Å²) in [7, 11) is 0. The van der Waals surface area contributed by atoms with Gasteiger partial charge in [-0.1, -0.05) is 11.6 Å². The van der Waals surface area contributed by atoms with Gasteiger partial charge in [-0.05, 0) is 45.0 Å². The van der Waals surface area contributed by atoms with Crippen molar-refractivity contribution in [2.75, 3.05) is 13.2 Å². The summed E-state index contributed by atoms with van der Waals surface area (Å²) in [6.45, 7) is 4.81. The van der Waals surface area contributed by atoms with Crippen molar-refractivity contribution >= 4 is 23.4 Å². The van der Waals surface area contributed by atoms with E-state index in [0.717, 1.165) is 0 Å². The molecule has 0 fully saturated rings. The van der Waals surface area contributed by atoms with Gasteiger partial charge in [-0.25, -0.2) is 0 Å². The van der Waals surface area contributed by atoms with Gasteiger partial charge in [0.15, 0.2) is 5.78 Å². The number of benzene rings is 1. The zero-order valence-corrected chi connectivity index (χ0v) is 12.0. The minimum absolute atomic E-state index is 0.187. The SMILES string of the molecule is CCOC(=O)C(C)(C)C(=O)COc1ccc(Cl)cc1. The molecule has 0 atom stereocenters. The molecule has 1 aromatic rings. The first-order valence-electron chi connectivity index (χ1n) is 5.96. The van der Waals surface area contributed by atoms with E-state index in [0.29, 0.717) is 10.8 Å². The van der Waals surface area contributed by atoms with E-state index in [1.165, 1.54) is 13.8 Å². The van der Waals surface area contributed by atoms with Gasteiger partial charge in [0.25, 0.3) is 0 Å². The van der Waals surface area contributed by atoms with E-state index in [9.17, 15) is 9.59 Å². The molecule has 104 valence electrons. The number of carbonyl (C=O) groups is 2. The fraction of sp³-hybridized carbons (Fsp3) is 0.429. The van der Waals surface area contributed by atoms with Crippen LogP contribution in [0.2, 0.25) is 5.02 Å². The molecule has 19 heavy (non-hydrogen) atoms. The number of Topliss-reactive ketones (excluding diaryl/α,β-unsaturated/α-hetero) is 1. The van der Waals surface area contributed by atoms with Crippen molar-refractivity contribution in [2.45, 2.75) is 20.8 Å². The van der Waals surface area contributed by atoms with Crippen LogP contribution in [0.1, 0.15) is 20.8 Å². The van der Waals surface area contributed by atoms with Crippen molar-refractivity contribution in [3.8, 4) is 5.75 Å². The van der Waals surface area contributed by atoms with Gasteiger partial charge in [0.05, 0.1) is 6.61 Å². The lowest BCUT2D eigenvalue weighted by Gasteiger charge is -2.20. The zero-order chi connectivity index (χ0) is 14.5. The van der Waals surface area contributed by atoms with Crippen LogP contribution in [0.3, 0.4) is 0 Å². The summed E-state index contributed by atoms with van der Waals surface area (Å²) < 4.78 is 10.2. The number of hydrogen-bond acceptors (Lipinski definition) is 4. The molecular formula is C14H17ClO4. The Kier molecular flexibility index (Phi) is 5.36. The maximum absolute atomic E-state index is 12.0. The smallest absolute Gasteiger partial charge is 0.319 e. The van der Waals surface area contributed by atoms with Gasteiger partial charge in [0.2, 0.25) is 0 Å². The summed E-state index contributed by atoms with van der Waals surface area (Å²) in [5.41, 5.74) is -1.21. The fourth-order valence-electron chi connectivity index (χ4n) is 1.29. The van der Waals surface area contributed by atoms with Gasteiger partial charge in [-0.3, -0.25) is 9.59 Å². The predicted octanol–water partition coefficient (Wildman–Crippen LogP) is 2.88. The van der Waals surface area contributed by atoms with Crippen molar-refractivity contribution in [1.29, 1.82) is 0 Å². The minimum atomic E-state index is -1.21. The highest BCUT2D eigenvalue weighted by molar-refractivity contribution is 6.30. The Balaban J connectivity index is 2.59. The van der Waals surface area contributed by atoms with Crippen LogP contribution >= 0.6 is 11.6 Å². The van der Waals surface area contributed by atoms with Crippen molar-refractivity contribution < 1.29 is 19.1 Å². The summed E-state index contributed by atoms with van der Waals surface area (Å²) >= 11 is 5.74. The molecule has 0 saturated carbocycles. The van der Waals surface area contributed by atoms with Gasteiger partial charge in [-0.15, -0.1) is 0 Å². The molecule has 0 bridgehead atoms. The van der Waals surface area contributed by atoms with E-state index >= 15 is 0 Å². The predicted molar refractivity (Wildman–Crippen MR) is 72.4 cm³/mol. The quantitative estimate of drug-likeness (QED) is 0.595. The highest BCUT2D eigenvalue weighted by atomic mass is 35.5. The topological polar surface area (TPSA) is 52.6 Å². The van der Waals surface area contributed by atoms with E-state index in [1.807, 2.05) is 0 Å². The molecule has 0 saturated heterocycles. The molecule has 0 unspecified atom stereocenters. The highest BCUT2D eigenvalue weighted by Gasteiger charge is 2.37. The fourth-order valence-corrected chi connectivity index (χ4v) is 1.41. The third kappa shape index (κ3) is 4.24. The number of carbonyl (C=O) groups excluding carboxylic acids is 2. The second kappa shape index (κ2) is 6.57. The first kappa shape index (κ1) is 15.5. The standard InChI is InChI=1S/C14H17ClO4/c1-4-18-13(17)14(2,3)12(16)9-19-11-7-5-10(15)6-8-11/h5-8H,4,9H2,1-3H3. The average Bonchev–Trinajstić information content (AvgIpc) is 2.37. The summed E-state index contributed by atoms with van der Waals surface area (Å²) in [6.07, 6.45) is 0. The lowest BCUT2D eigenvalue weighted by molar-refractivity contribution is -0.158. The Morgan fingerprint density at radius 2 is 1.79 bits per heavy atom. The zero-order valence-electron chi connectivity index (χ0n) is 11.2. The Morgan fingerprint density at radius 1 is 1.21 bits per heavy atom. The number of hydrogen-bond donors (Lipinski definition) is 0. The van der Waals surface area contributed by atoms with E-state index in [1.54, 1.807) is 31.2 Å². The van der Waals surface area contributed by atoms with Crippen LogP contribution in [-0.4, -0.2) is 25.0 Å². The molecule has 1 rings (SSSR count). The summed E-state index contributed by atoms with van der Waals surface area (Å²) in [5, 5.41) is 0.588. The Labute approximate surface area is 117 Å². The minimum Gasteiger partial charge on any atom is -0.486 e. The van der Waals surface area contributed by atoms with E-state index in [4.69, 9.17) is 21.1 Å². The third-order valence-corrected chi connectivity index (χ3v) is 2.92. The largest absolute Gasteiger partial charge is 0.486 e. The Hall–Kier alpha value is -1.55. The van der Waals surface area contributed by atoms with Gasteiger partial charge in [0, 0.05) is 5.02 Å². The van der Waals surface area contributed by atoms with Gasteiger partial charge in [-0.2, -0.15) is 0 Å². The summed E-state index contributed by atoms with van der Waals surface area (Å²) in [4.78, 5) is 23.6. The Morgan fingerprint density at radius 3 is 2.32 bits per heavy atom. The van der Waals surface area contributed by atoms with Gasteiger partial charge in [0.1, 0.15) is 17.8 Å². The van der Waals surface area contributed by atoms with Crippen molar-refractivity contribution in [1.82, 2.24) is 0 Å². The van der Waals surface area contributed by atoms with Crippen LogP contribution in [0.25, 0.3) is 0 Å². The third-order valence-electron chi connectivity index (χ3n) is 2.67. The molecule has 0 heterocycles. The summed E-state index contributed by atoms with van der Waals surface area (Å²) in [5.74, 6) is -0.349. The highest BCUT2D eigenvalue weighted by Crippen LogP contribution is 2.21. The van der Waals surface area contributed by atoms with Crippen LogP contribution in [0.15, 0.2) is 24.3 Å². The molecule has 1 aromatic carbocycles. The van der Waals surface area contributed by atoms with Crippen molar-refractivity contribution in [3.63, 3.8) is 0 Å². The van der Waals surface area contributed by atoms with Crippen LogP contribution in [0.4, 0.5) is 0 Å². The molecule has 0 aliphatic carbocycles. The molecular weight excluding hydrogens is 268 g/mol. The second-order valence-electron chi connectivity index (χ2n) is 4.51. The number of ether oxygens (including phenoxy) is 2. The monoisotopic (exact) mass is 284 g/mol. The number of ketones is 1. The summed E-state index contributed by atoms with van der Waals surface area (Å²) in [6, 6.07) is 6.65. The first-order valence-corrected chi connectivity index (χ1v) is 6.34.